The van der Waals surface area contributed by atoms with Gasteiger partial charge in [-0.1, -0.05) is 18.2 Å². The van der Waals surface area contributed by atoms with Crippen LogP contribution in [0.4, 0.5) is 0 Å². The van der Waals surface area contributed by atoms with Gasteiger partial charge in [0.2, 0.25) is 0 Å². The molecule has 0 saturated carbocycles. The number of carbonyl (C=O) groups excluding carboxylic acids is 1. The van der Waals surface area contributed by atoms with Gasteiger partial charge in [-0.05, 0) is 52.7 Å². The fourth-order valence-electron chi connectivity index (χ4n) is 1.84. The van der Waals surface area contributed by atoms with E-state index in [1.54, 1.807) is 19.2 Å². The number of ketones is 1. The number of ether oxygens (including phenoxy) is 2. The Balaban J connectivity index is 2.13. The van der Waals surface area contributed by atoms with Crippen molar-refractivity contribution in [1.29, 1.82) is 0 Å². The van der Waals surface area contributed by atoms with E-state index in [0.717, 1.165) is 15.8 Å². The molecule has 0 aliphatic rings. The second-order valence-corrected chi connectivity index (χ2v) is 5.16. The highest BCUT2D eigenvalue weighted by molar-refractivity contribution is 9.10. The molecule has 4 heteroatoms. The number of benzene rings is 2. The molecular weight excluding hydrogens is 320 g/mol. The van der Waals surface area contributed by atoms with E-state index in [4.69, 9.17) is 9.47 Å². The van der Waals surface area contributed by atoms with E-state index in [1.807, 2.05) is 30.3 Å². The summed E-state index contributed by atoms with van der Waals surface area (Å²) in [4.78, 5) is 11.5. The highest BCUT2D eigenvalue weighted by Gasteiger charge is 2.08. The topological polar surface area (TPSA) is 35.5 Å². The van der Waals surface area contributed by atoms with Crippen LogP contribution in [0, 0.1) is 0 Å². The first-order valence-electron chi connectivity index (χ1n) is 6.17. The van der Waals surface area contributed by atoms with Gasteiger partial charge in [0.25, 0.3) is 0 Å². The molecule has 2 aromatic carbocycles. The Morgan fingerprint density at radius 3 is 2.55 bits per heavy atom. The van der Waals surface area contributed by atoms with Crippen LogP contribution in [-0.4, -0.2) is 12.9 Å². The Bertz CT molecular complexity index is 623. The third-order valence-electron chi connectivity index (χ3n) is 2.88. The Labute approximate surface area is 126 Å². The number of hydrogen-bond acceptors (Lipinski definition) is 3. The van der Waals surface area contributed by atoms with Crippen LogP contribution in [0.3, 0.4) is 0 Å². The standard InChI is InChI=1S/C16H15BrO3/c1-11(18)13-5-3-4-6-15(13)20-10-12-7-8-16(19-2)14(17)9-12/h3-9H,10H2,1-2H3. The van der Waals surface area contributed by atoms with Gasteiger partial charge in [0.1, 0.15) is 18.1 Å². The molecule has 2 rings (SSSR count). The first-order valence-corrected chi connectivity index (χ1v) is 6.96. The normalized spacial score (nSPS) is 10.2. The van der Waals surface area contributed by atoms with Gasteiger partial charge in [0, 0.05) is 0 Å². The quantitative estimate of drug-likeness (QED) is 0.767. The van der Waals surface area contributed by atoms with Crippen molar-refractivity contribution in [2.75, 3.05) is 7.11 Å². The number of Topliss-reactive ketones (excluding diaryl/α,β-unsaturated/α-hetero) is 1. The maximum atomic E-state index is 11.5. The summed E-state index contributed by atoms with van der Waals surface area (Å²) in [6.07, 6.45) is 0. The van der Waals surface area contributed by atoms with Gasteiger partial charge in [-0.25, -0.2) is 0 Å². The molecule has 0 aliphatic carbocycles. The van der Waals surface area contributed by atoms with Gasteiger partial charge < -0.3 is 9.47 Å². The molecule has 0 heterocycles. The first kappa shape index (κ1) is 14.6. The Hall–Kier alpha value is -1.81. The largest absolute Gasteiger partial charge is 0.496 e. The maximum Gasteiger partial charge on any atom is 0.163 e. The molecule has 0 N–H and O–H groups in total. The second-order valence-electron chi connectivity index (χ2n) is 4.31. The van der Waals surface area contributed by atoms with E-state index >= 15 is 0 Å². The molecule has 0 aromatic heterocycles. The monoisotopic (exact) mass is 334 g/mol. The van der Waals surface area contributed by atoms with Crippen LogP contribution in [0.5, 0.6) is 11.5 Å². The van der Waals surface area contributed by atoms with Crippen LogP contribution in [0.15, 0.2) is 46.9 Å². The lowest BCUT2D eigenvalue weighted by molar-refractivity contribution is 0.101. The van der Waals surface area contributed by atoms with Crippen LogP contribution in [0.1, 0.15) is 22.8 Å². The van der Waals surface area contributed by atoms with Gasteiger partial charge in [0.05, 0.1) is 17.1 Å². The molecule has 0 fully saturated rings. The van der Waals surface area contributed by atoms with Gasteiger partial charge in [-0.15, -0.1) is 0 Å². The molecule has 0 bridgehead atoms. The lowest BCUT2D eigenvalue weighted by atomic mass is 10.1. The zero-order valence-corrected chi connectivity index (χ0v) is 12.9. The Kier molecular flexibility index (Phi) is 4.79. The maximum absolute atomic E-state index is 11.5. The minimum atomic E-state index is -0.00323. The van der Waals surface area contributed by atoms with Crippen molar-refractivity contribution in [3.05, 3.63) is 58.1 Å². The van der Waals surface area contributed by atoms with Gasteiger partial charge in [-0.2, -0.15) is 0 Å². The predicted octanol–water partition coefficient (Wildman–Crippen LogP) is 4.24. The van der Waals surface area contributed by atoms with E-state index in [0.29, 0.717) is 17.9 Å². The van der Waals surface area contributed by atoms with E-state index in [1.165, 1.54) is 6.92 Å². The molecule has 0 saturated heterocycles. The number of carbonyl (C=O) groups is 1. The number of hydrogen-bond donors (Lipinski definition) is 0. The lowest BCUT2D eigenvalue weighted by Gasteiger charge is -2.11. The third kappa shape index (κ3) is 3.39. The van der Waals surface area contributed by atoms with E-state index in [9.17, 15) is 4.79 Å². The molecule has 0 atom stereocenters. The fraction of sp³-hybridized carbons (Fsp3) is 0.188. The van der Waals surface area contributed by atoms with Gasteiger partial charge in [-0.3, -0.25) is 4.79 Å². The van der Waals surface area contributed by atoms with Crippen LogP contribution >= 0.6 is 15.9 Å². The SMILES string of the molecule is COc1ccc(COc2ccccc2C(C)=O)cc1Br. The van der Waals surface area contributed by atoms with Crippen molar-refractivity contribution in [3.8, 4) is 11.5 Å². The third-order valence-corrected chi connectivity index (χ3v) is 3.50. The Morgan fingerprint density at radius 2 is 1.90 bits per heavy atom. The van der Waals surface area contributed by atoms with Crippen LogP contribution in [0.25, 0.3) is 0 Å². The van der Waals surface area contributed by atoms with Crippen molar-refractivity contribution in [3.63, 3.8) is 0 Å². The molecule has 2 aromatic rings. The lowest BCUT2D eigenvalue weighted by Crippen LogP contribution is -2.01. The fourth-order valence-corrected chi connectivity index (χ4v) is 2.43. The second kappa shape index (κ2) is 6.57. The summed E-state index contributed by atoms with van der Waals surface area (Å²) >= 11 is 3.44. The van der Waals surface area contributed by atoms with Crippen LogP contribution in [0.2, 0.25) is 0 Å². The molecule has 0 amide bonds. The van der Waals surface area contributed by atoms with Crippen molar-refractivity contribution < 1.29 is 14.3 Å². The Morgan fingerprint density at radius 1 is 1.15 bits per heavy atom. The van der Waals surface area contributed by atoms with Gasteiger partial charge >= 0.3 is 0 Å². The summed E-state index contributed by atoms with van der Waals surface area (Å²) < 4.78 is 11.8. The summed E-state index contributed by atoms with van der Waals surface area (Å²) in [7, 11) is 1.62. The molecular formula is C16H15BrO3. The molecule has 0 aliphatic heterocycles. The van der Waals surface area contributed by atoms with Gasteiger partial charge in [0.15, 0.2) is 5.78 Å². The minimum Gasteiger partial charge on any atom is -0.496 e. The molecule has 20 heavy (non-hydrogen) atoms. The highest BCUT2D eigenvalue weighted by atomic mass is 79.9. The van der Waals surface area contributed by atoms with Crippen molar-refractivity contribution in [2.24, 2.45) is 0 Å². The summed E-state index contributed by atoms with van der Waals surface area (Å²) in [5.74, 6) is 1.38. The van der Waals surface area contributed by atoms with E-state index < -0.39 is 0 Å². The highest BCUT2D eigenvalue weighted by Crippen LogP contribution is 2.26. The van der Waals surface area contributed by atoms with Crippen molar-refractivity contribution >= 4 is 21.7 Å². The zero-order valence-electron chi connectivity index (χ0n) is 11.4. The number of methoxy groups -OCH3 is 1. The van der Waals surface area contributed by atoms with Crippen LogP contribution in [-0.2, 0) is 6.61 Å². The molecule has 104 valence electrons. The molecule has 0 unspecified atom stereocenters. The minimum absolute atomic E-state index is 0.00323. The summed E-state index contributed by atoms with van der Waals surface area (Å²) in [6, 6.07) is 13.0. The average molecular weight is 335 g/mol. The summed E-state index contributed by atoms with van der Waals surface area (Å²) in [5.41, 5.74) is 1.59. The molecule has 3 nitrogen and oxygen atoms in total. The van der Waals surface area contributed by atoms with Crippen LogP contribution < -0.4 is 9.47 Å². The average Bonchev–Trinajstić information content (AvgIpc) is 2.45. The van der Waals surface area contributed by atoms with E-state index in [-0.39, 0.29) is 5.78 Å². The summed E-state index contributed by atoms with van der Waals surface area (Å²) in [6.45, 7) is 1.93. The van der Waals surface area contributed by atoms with E-state index in [2.05, 4.69) is 15.9 Å². The smallest absolute Gasteiger partial charge is 0.163 e. The first-order chi connectivity index (χ1) is 9.61. The number of halogens is 1. The predicted molar refractivity (Wildman–Crippen MR) is 81.5 cm³/mol. The van der Waals surface area contributed by atoms with Crippen molar-refractivity contribution in [1.82, 2.24) is 0 Å². The van der Waals surface area contributed by atoms with Crippen molar-refractivity contribution in [2.45, 2.75) is 13.5 Å². The zero-order chi connectivity index (χ0) is 14.5. The number of para-hydroxylation sites is 1. The number of rotatable bonds is 5. The molecule has 0 radical (unpaired) electrons. The summed E-state index contributed by atoms with van der Waals surface area (Å²) in [5, 5.41) is 0. The molecule has 0 spiro atoms.